The van der Waals surface area contributed by atoms with Gasteiger partial charge in [0.05, 0.1) is 19.8 Å². The summed E-state index contributed by atoms with van der Waals surface area (Å²) in [7, 11) is 2.79. The number of carbonyl (C=O) groups excluding carboxylic acids is 1. The quantitative estimate of drug-likeness (QED) is 0.784. The number of benzene rings is 1. The van der Waals surface area contributed by atoms with Gasteiger partial charge in [0.2, 0.25) is 0 Å². The van der Waals surface area contributed by atoms with E-state index in [2.05, 4.69) is 0 Å². The predicted molar refractivity (Wildman–Crippen MR) is 51.6 cm³/mol. The Morgan fingerprint density at radius 3 is 2.36 bits per heavy atom. The van der Waals surface area contributed by atoms with E-state index < -0.39 is 0 Å². The van der Waals surface area contributed by atoms with E-state index in [1.807, 2.05) is 0 Å². The van der Waals surface area contributed by atoms with Crippen molar-refractivity contribution in [3.63, 3.8) is 0 Å². The normalized spacial score (nSPS) is 9.64. The van der Waals surface area contributed by atoms with Crippen LogP contribution in [0.4, 0.5) is 0 Å². The highest BCUT2D eigenvalue weighted by molar-refractivity contribution is 6.34. The average Bonchev–Trinajstić information content (AvgIpc) is 2.21. The van der Waals surface area contributed by atoms with E-state index in [0.29, 0.717) is 6.29 Å². The van der Waals surface area contributed by atoms with Crippen molar-refractivity contribution >= 4 is 17.9 Å². The second-order valence-electron chi connectivity index (χ2n) is 2.48. The van der Waals surface area contributed by atoms with Crippen LogP contribution in [0, 0.1) is 0 Å². The van der Waals surface area contributed by atoms with Crippen molar-refractivity contribution < 1.29 is 19.4 Å². The number of phenolic OH excluding ortho intramolecular Hbond substituents is 1. The summed E-state index contributed by atoms with van der Waals surface area (Å²) in [5.74, 6) is 0.142. The van der Waals surface area contributed by atoms with Crippen molar-refractivity contribution in [3.8, 4) is 17.2 Å². The highest BCUT2D eigenvalue weighted by Gasteiger charge is 2.16. The van der Waals surface area contributed by atoms with Gasteiger partial charge in [0, 0.05) is 6.07 Å². The number of hydrogen-bond donors (Lipinski definition) is 1. The lowest BCUT2D eigenvalue weighted by molar-refractivity contribution is 0.111. The fraction of sp³-hybridized carbons (Fsp3) is 0.222. The number of phenols is 1. The SMILES string of the molecule is COc1cc(OC)c(C=O)c(O)c1Cl. The number of ether oxygens (including phenoxy) is 2. The number of carbonyl (C=O) groups is 1. The highest BCUT2D eigenvalue weighted by atomic mass is 35.5. The maximum absolute atomic E-state index is 10.6. The van der Waals surface area contributed by atoms with Gasteiger partial charge in [-0.2, -0.15) is 0 Å². The van der Waals surface area contributed by atoms with E-state index in [1.54, 1.807) is 0 Å². The summed E-state index contributed by atoms with van der Waals surface area (Å²) in [4.78, 5) is 10.6. The Kier molecular flexibility index (Phi) is 3.19. The third-order valence-electron chi connectivity index (χ3n) is 1.76. The fourth-order valence-electron chi connectivity index (χ4n) is 1.04. The van der Waals surface area contributed by atoms with Crippen molar-refractivity contribution in [2.45, 2.75) is 0 Å². The molecule has 0 saturated carbocycles. The Balaban J connectivity index is 3.45. The van der Waals surface area contributed by atoms with Crippen molar-refractivity contribution in [3.05, 3.63) is 16.7 Å². The molecule has 1 rings (SSSR count). The Morgan fingerprint density at radius 1 is 1.36 bits per heavy atom. The van der Waals surface area contributed by atoms with Crippen LogP contribution in [0.15, 0.2) is 6.07 Å². The summed E-state index contributed by atoms with van der Waals surface area (Å²) >= 11 is 5.72. The number of rotatable bonds is 3. The van der Waals surface area contributed by atoms with E-state index in [0.717, 1.165) is 0 Å². The van der Waals surface area contributed by atoms with E-state index >= 15 is 0 Å². The first-order chi connectivity index (χ1) is 6.65. The molecule has 0 aliphatic heterocycles. The van der Waals surface area contributed by atoms with Gasteiger partial charge < -0.3 is 14.6 Å². The second-order valence-corrected chi connectivity index (χ2v) is 2.85. The lowest BCUT2D eigenvalue weighted by Gasteiger charge is -2.10. The first kappa shape index (κ1) is 10.7. The van der Waals surface area contributed by atoms with E-state index in [-0.39, 0.29) is 27.8 Å². The average molecular weight is 217 g/mol. The summed E-state index contributed by atoms with van der Waals surface area (Å²) < 4.78 is 9.76. The number of hydrogen-bond acceptors (Lipinski definition) is 4. The fourth-order valence-corrected chi connectivity index (χ4v) is 1.28. The molecule has 0 radical (unpaired) electrons. The zero-order valence-electron chi connectivity index (χ0n) is 7.70. The van der Waals surface area contributed by atoms with Crippen LogP contribution in [0.2, 0.25) is 5.02 Å². The van der Waals surface area contributed by atoms with Crippen LogP contribution in [-0.2, 0) is 0 Å². The standard InChI is InChI=1S/C9H9ClO4/c1-13-6-3-7(14-2)8(10)9(12)5(6)4-11/h3-4,12H,1-2H3. The number of halogens is 1. The molecule has 1 N–H and O–H groups in total. The third kappa shape index (κ3) is 1.61. The van der Waals surface area contributed by atoms with Crippen LogP contribution < -0.4 is 9.47 Å². The molecular formula is C9H9ClO4. The Morgan fingerprint density at radius 2 is 1.93 bits per heavy atom. The monoisotopic (exact) mass is 216 g/mol. The van der Waals surface area contributed by atoms with Gasteiger partial charge in [0.15, 0.2) is 12.0 Å². The predicted octanol–water partition coefficient (Wildman–Crippen LogP) is 1.88. The molecule has 0 heterocycles. The van der Waals surface area contributed by atoms with E-state index in [1.165, 1.54) is 20.3 Å². The molecule has 5 heteroatoms. The van der Waals surface area contributed by atoms with Crippen LogP contribution in [0.3, 0.4) is 0 Å². The first-order valence-corrected chi connectivity index (χ1v) is 4.12. The van der Waals surface area contributed by atoms with E-state index in [9.17, 15) is 9.90 Å². The van der Waals surface area contributed by atoms with Crippen LogP contribution in [0.1, 0.15) is 10.4 Å². The lowest BCUT2D eigenvalue weighted by Crippen LogP contribution is -1.94. The van der Waals surface area contributed by atoms with Gasteiger partial charge in [-0.15, -0.1) is 0 Å². The molecule has 1 aromatic carbocycles. The van der Waals surface area contributed by atoms with E-state index in [4.69, 9.17) is 21.1 Å². The van der Waals surface area contributed by atoms with Gasteiger partial charge >= 0.3 is 0 Å². The summed E-state index contributed by atoms with van der Waals surface area (Å²) in [6, 6.07) is 1.44. The van der Waals surface area contributed by atoms with Gasteiger partial charge in [0.1, 0.15) is 16.5 Å². The molecule has 4 nitrogen and oxygen atoms in total. The van der Waals surface area contributed by atoms with Crippen LogP contribution in [-0.4, -0.2) is 25.6 Å². The molecule has 0 bridgehead atoms. The maximum atomic E-state index is 10.6. The van der Waals surface area contributed by atoms with Gasteiger partial charge in [-0.1, -0.05) is 11.6 Å². The van der Waals surface area contributed by atoms with Crippen molar-refractivity contribution in [1.29, 1.82) is 0 Å². The van der Waals surface area contributed by atoms with Crippen LogP contribution in [0.5, 0.6) is 17.2 Å². The molecule has 0 aliphatic carbocycles. The van der Waals surface area contributed by atoms with Gasteiger partial charge in [-0.3, -0.25) is 4.79 Å². The number of methoxy groups -OCH3 is 2. The third-order valence-corrected chi connectivity index (χ3v) is 2.13. The molecule has 0 atom stereocenters. The minimum absolute atomic E-state index is 0.00426. The lowest BCUT2D eigenvalue weighted by atomic mass is 10.2. The highest BCUT2D eigenvalue weighted by Crippen LogP contribution is 2.40. The molecule has 0 saturated heterocycles. The Bertz CT molecular complexity index is 362. The number of aromatic hydroxyl groups is 1. The minimum atomic E-state index is -0.335. The zero-order chi connectivity index (χ0) is 10.7. The molecule has 0 aliphatic rings. The molecule has 76 valence electrons. The molecule has 0 spiro atoms. The summed E-state index contributed by atoms with van der Waals surface area (Å²) in [5.41, 5.74) is 0.0123. The molecule has 14 heavy (non-hydrogen) atoms. The minimum Gasteiger partial charge on any atom is -0.505 e. The summed E-state index contributed by atoms with van der Waals surface area (Å²) in [5, 5.41) is 9.49. The second kappa shape index (κ2) is 4.19. The molecule has 0 aromatic heterocycles. The van der Waals surface area contributed by atoms with Crippen molar-refractivity contribution in [2.24, 2.45) is 0 Å². The molecule has 1 aromatic rings. The maximum Gasteiger partial charge on any atom is 0.157 e. The van der Waals surface area contributed by atoms with Gasteiger partial charge in [0.25, 0.3) is 0 Å². The van der Waals surface area contributed by atoms with Gasteiger partial charge in [-0.25, -0.2) is 0 Å². The Hall–Kier alpha value is -1.42. The molecular weight excluding hydrogens is 208 g/mol. The van der Waals surface area contributed by atoms with Gasteiger partial charge in [-0.05, 0) is 0 Å². The Labute approximate surface area is 86.0 Å². The number of aldehydes is 1. The molecule has 0 fully saturated rings. The molecule has 0 amide bonds. The zero-order valence-corrected chi connectivity index (χ0v) is 8.46. The van der Waals surface area contributed by atoms with Crippen molar-refractivity contribution in [2.75, 3.05) is 14.2 Å². The topological polar surface area (TPSA) is 55.8 Å². The summed E-state index contributed by atoms with van der Waals surface area (Å²) in [6.07, 6.45) is 0.472. The van der Waals surface area contributed by atoms with Crippen LogP contribution >= 0.6 is 11.6 Å². The van der Waals surface area contributed by atoms with Crippen LogP contribution in [0.25, 0.3) is 0 Å². The largest absolute Gasteiger partial charge is 0.505 e. The van der Waals surface area contributed by atoms with Crippen molar-refractivity contribution in [1.82, 2.24) is 0 Å². The molecule has 0 unspecified atom stereocenters. The smallest absolute Gasteiger partial charge is 0.157 e. The summed E-state index contributed by atoms with van der Waals surface area (Å²) in [6.45, 7) is 0. The first-order valence-electron chi connectivity index (χ1n) is 3.74.